The zero-order valence-electron chi connectivity index (χ0n) is 9.76. The van der Waals surface area contributed by atoms with Gasteiger partial charge in [-0.05, 0) is 6.08 Å². The maximum Gasteiger partial charge on any atom is 0.506 e. The molecule has 1 aliphatic rings. The van der Waals surface area contributed by atoms with Gasteiger partial charge in [0.1, 0.15) is 0 Å². The molecule has 0 saturated carbocycles. The topological polar surface area (TPSA) is 140 Å². The van der Waals surface area contributed by atoms with E-state index in [4.69, 9.17) is 15.3 Å². The van der Waals surface area contributed by atoms with Crippen molar-refractivity contribution in [2.24, 2.45) is 5.92 Å². The second kappa shape index (κ2) is 5.94. The van der Waals surface area contributed by atoms with Crippen molar-refractivity contribution in [2.75, 3.05) is 0 Å². The second-order valence-electron chi connectivity index (χ2n) is 3.79. The summed E-state index contributed by atoms with van der Waals surface area (Å²) in [6, 6.07) is 0. The Morgan fingerprint density at radius 1 is 0.842 bits per heavy atom. The Kier molecular flexibility index (Phi) is 4.56. The first-order valence-corrected chi connectivity index (χ1v) is 5.18. The molecule has 0 heterocycles. The number of hydrogen-bond donors (Lipinski definition) is 3. The lowest BCUT2D eigenvalue weighted by molar-refractivity contribution is -0.1000. The minimum Gasteiger partial charge on any atom is -0.450 e. The number of rotatable bonds is 3. The van der Waals surface area contributed by atoms with Crippen LogP contribution in [0.3, 0.4) is 0 Å². The molecule has 1 rings (SSSR count). The first kappa shape index (κ1) is 14.6. The van der Waals surface area contributed by atoms with Crippen LogP contribution >= 0.6 is 0 Å². The fourth-order valence-corrected chi connectivity index (χ4v) is 1.75. The van der Waals surface area contributed by atoms with Crippen LogP contribution in [0.2, 0.25) is 0 Å². The van der Waals surface area contributed by atoms with E-state index in [1.807, 2.05) is 0 Å². The van der Waals surface area contributed by atoms with Gasteiger partial charge in [0.05, 0.1) is 0 Å². The van der Waals surface area contributed by atoms with Gasteiger partial charge in [-0.25, -0.2) is 14.4 Å². The Hall–Kier alpha value is -2.45. The standard InChI is InChI=1S/C10H12O9/c1-4-2-3-5(17-8(11)12)7(19-10(15)16)6(4)18-9(13)14/h2-7H,1H3,(H,11,12)(H,13,14)(H,15,16). The molecule has 0 radical (unpaired) electrons. The zero-order chi connectivity index (χ0) is 14.6. The molecule has 0 aromatic rings. The van der Waals surface area contributed by atoms with Gasteiger partial charge in [0.25, 0.3) is 0 Å². The summed E-state index contributed by atoms with van der Waals surface area (Å²) in [6.45, 7) is 1.57. The molecule has 106 valence electrons. The first-order valence-electron chi connectivity index (χ1n) is 5.18. The van der Waals surface area contributed by atoms with Gasteiger partial charge in [0, 0.05) is 5.92 Å². The molecule has 4 atom stereocenters. The van der Waals surface area contributed by atoms with Crippen molar-refractivity contribution >= 4 is 18.5 Å². The summed E-state index contributed by atoms with van der Waals surface area (Å²) < 4.78 is 13.4. The minimum atomic E-state index is -1.69. The van der Waals surface area contributed by atoms with Gasteiger partial charge in [-0.3, -0.25) is 0 Å². The Morgan fingerprint density at radius 2 is 1.32 bits per heavy atom. The van der Waals surface area contributed by atoms with Gasteiger partial charge < -0.3 is 29.5 Å². The van der Waals surface area contributed by atoms with Crippen molar-refractivity contribution in [3.63, 3.8) is 0 Å². The van der Waals surface area contributed by atoms with Crippen LogP contribution in [0.4, 0.5) is 14.4 Å². The number of ether oxygens (including phenoxy) is 3. The highest BCUT2D eigenvalue weighted by Gasteiger charge is 2.42. The molecule has 0 amide bonds. The summed E-state index contributed by atoms with van der Waals surface area (Å²) in [6.07, 6.45) is -6.07. The maximum absolute atomic E-state index is 10.6. The molecule has 3 N–H and O–H groups in total. The third-order valence-electron chi connectivity index (χ3n) is 2.48. The molecule has 0 aromatic heterocycles. The highest BCUT2D eigenvalue weighted by atomic mass is 16.7. The fourth-order valence-electron chi connectivity index (χ4n) is 1.75. The SMILES string of the molecule is CC1C=CC(OC(=O)O)C(OC(=O)O)C1OC(=O)O. The molecule has 0 bridgehead atoms. The smallest absolute Gasteiger partial charge is 0.450 e. The zero-order valence-corrected chi connectivity index (χ0v) is 9.76. The summed E-state index contributed by atoms with van der Waals surface area (Å²) in [4.78, 5) is 31.6. The predicted molar refractivity (Wildman–Crippen MR) is 57.0 cm³/mol. The Morgan fingerprint density at radius 3 is 1.79 bits per heavy atom. The second-order valence-corrected chi connectivity index (χ2v) is 3.79. The summed E-state index contributed by atoms with van der Waals surface area (Å²) in [5, 5.41) is 25.7. The molecule has 1 aliphatic carbocycles. The molecular formula is C10H12O9. The first-order chi connectivity index (χ1) is 8.81. The molecule has 4 unspecified atom stereocenters. The molecule has 0 aromatic carbocycles. The molecule has 0 fully saturated rings. The fraction of sp³-hybridized carbons (Fsp3) is 0.500. The highest BCUT2D eigenvalue weighted by Crippen LogP contribution is 2.26. The number of carbonyl (C=O) groups is 3. The maximum atomic E-state index is 10.6. The predicted octanol–water partition coefficient (Wildman–Crippen LogP) is 1.38. The molecule has 9 heteroatoms. The van der Waals surface area contributed by atoms with E-state index in [-0.39, 0.29) is 0 Å². The van der Waals surface area contributed by atoms with Crippen LogP contribution in [0.5, 0.6) is 0 Å². The minimum absolute atomic E-state index is 0.492. The molecule has 0 saturated heterocycles. The van der Waals surface area contributed by atoms with Crippen molar-refractivity contribution in [2.45, 2.75) is 25.2 Å². The quantitative estimate of drug-likeness (QED) is 0.396. The van der Waals surface area contributed by atoms with Crippen LogP contribution in [-0.4, -0.2) is 52.1 Å². The van der Waals surface area contributed by atoms with Crippen LogP contribution < -0.4 is 0 Å². The third kappa shape index (κ3) is 4.05. The van der Waals surface area contributed by atoms with Crippen LogP contribution in [0.15, 0.2) is 12.2 Å². The van der Waals surface area contributed by atoms with E-state index in [1.165, 1.54) is 12.2 Å². The molecule has 0 spiro atoms. The van der Waals surface area contributed by atoms with E-state index in [2.05, 4.69) is 14.2 Å². The van der Waals surface area contributed by atoms with E-state index in [0.29, 0.717) is 0 Å². The van der Waals surface area contributed by atoms with Crippen LogP contribution in [0, 0.1) is 5.92 Å². The summed E-state index contributed by atoms with van der Waals surface area (Å²) >= 11 is 0. The normalized spacial score (nSPS) is 29.3. The van der Waals surface area contributed by atoms with E-state index >= 15 is 0 Å². The lowest BCUT2D eigenvalue weighted by Crippen LogP contribution is -2.49. The van der Waals surface area contributed by atoms with Gasteiger partial charge in [0.15, 0.2) is 18.3 Å². The average molecular weight is 276 g/mol. The van der Waals surface area contributed by atoms with Crippen LogP contribution in [0.1, 0.15) is 6.92 Å². The molecule has 9 nitrogen and oxygen atoms in total. The van der Waals surface area contributed by atoms with Gasteiger partial charge in [0.2, 0.25) is 0 Å². The van der Waals surface area contributed by atoms with Gasteiger partial charge in [-0.15, -0.1) is 0 Å². The highest BCUT2D eigenvalue weighted by molar-refractivity contribution is 5.60. The third-order valence-corrected chi connectivity index (χ3v) is 2.48. The van der Waals surface area contributed by atoms with Crippen molar-refractivity contribution in [3.8, 4) is 0 Å². The molecule has 19 heavy (non-hydrogen) atoms. The van der Waals surface area contributed by atoms with Crippen molar-refractivity contribution < 1.29 is 43.9 Å². The van der Waals surface area contributed by atoms with Gasteiger partial charge >= 0.3 is 18.5 Å². The summed E-state index contributed by atoms with van der Waals surface area (Å²) in [5.74, 6) is -0.492. The lowest BCUT2D eigenvalue weighted by Gasteiger charge is -2.34. The monoisotopic (exact) mass is 276 g/mol. The van der Waals surface area contributed by atoms with Gasteiger partial charge in [-0.1, -0.05) is 13.0 Å². The Balaban J connectivity index is 2.97. The van der Waals surface area contributed by atoms with Crippen molar-refractivity contribution in [3.05, 3.63) is 12.2 Å². The summed E-state index contributed by atoms with van der Waals surface area (Å²) in [7, 11) is 0. The Labute approximate surface area is 107 Å². The van der Waals surface area contributed by atoms with Crippen molar-refractivity contribution in [1.29, 1.82) is 0 Å². The molecule has 0 aliphatic heterocycles. The van der Waals surface area contributed by atoms with E-state index < -0.39 is 42.7 Å². The lowest BCUT2D eigenvalue weighted by atomic mass is 9.89. The van der Waals surface area contributed by atoms with Gasteiger partial charge in [-0.2, -0.15) is 0 Å². The molecular weight excluding hydrogens is 264 g/mol. The van der Waals surface area contributed by atoms with E-state index in [1.54, 1.807) is 6.92 Å². The largest absolute Gasteiger partial charge is 0.506 e. The summed E-state index contributed by atoms with van der Waals surface area (Å²) in [5.41, 5.74) is 0. The number of hydrogen-bond acceptors (Lipinski definition) is 6. The van der Waals surface area contributed by atoms with Crippen molar-refractivity contribution in [1.82, 2.24) is 0 Å². The van der Waals surface area contributed by atoms with Crippen LogP contribution in [0.25, 0.3) is 0 Å². The average Bonchev–Trinajstić information content (AvgIpc) is 2.25. The Bertz CT molecular complexity index is 402. The van der Waals surface area contributed by atoms with E-state index in [0.717, 1.165) is 0 Å². The van der Waals surface area contributed by atoms with Crippen LogP contribution in [-0.2, 0) is 14.2 Å². The number of carboxylic acid groups (broad SMARTS) is 3. The van der Waals surface area contributed by atoms with E-state index in [9.17, 15) is 14.4 Å².